The Morgan fingerprint density at radius 2 is 1.95 bits per heavy atom. The van der Waals surface area contributed by atoms with E-state index >= 15 is 0 Å². The summed E-state index contributed by atoms with van der Waals surface area (Å²) in [6.45, 7) is 10.1. The third-order valence-corrected chi connectivity index (χ3v) is 6.23. The SMILES string of the molecule is CC(C)(C)C1CCC(O)C(CN2CCOC3CCCC32)C1. The summed E-state index contributed by atoms with van der Waals surface area (Å²) >= 11 is 0. The predicted octanol–water partition coefficient (Wildman–Crippen LogP) is 3.06. The van der Waals surface area contributed by atoms with Gasteiger partial charge in [0.05, 0.1) is 18.8 Å². The number of aliphatic hydroxyl groups is 1. The van der Waals surface area contributed by atoms with Crippen LogP contribution < -0.4 is 0 Å². The first-order chi connectivity index (χ1) is 9.95. The van der Waals surface area contributed by atoms with Crippen molar-refractivity contribution in [2.75, 3.05) is 19.7 Å². The molecule has 0 aromatic heterocycles. The molecular weight excluding hydrogens is 262 g/mol. The summed E-state index contributed by atoms with van der Waals surface area (Å²) in [6.07, 6.45) is 7.59. The van der Waals surface area contributed by atoms with E-state index in [1.165, 1.54) is 32.1 Å². The lowest BCUT2D eigenvalue weighted by molar-refractivity contribution is -0.0757. The monoisotopic (exact) mass is 295 g/mol. The Kier molecular flexibility index (Phi) is 4.63. The van der Waals surface area contributed by atoms with Gasteiger partial charge in [0.15, 0.2) is 0 Å². The van der Waals surface area contributed by atoms with Crippen LogP contribution in [0.2, 0.25) is 0 Å². The van der Waals surface area contributed by atoms with E-state index in [1.807, 2.05) is 0 Å². The van der Waals surface area contributed by atoms with Gasteiger partial charge < -0.3 is 9.84 Å². The van der Waals surface area contributed by atoms with Gasteiger partial charge in [-0.25, -0.2) is 0 Å². The largest absolute Gasteiger partial charge is 0.393 e. The minimum atomic E-state index is -0.0914. The van der Waals surface area contributed by atoms with Crippen LogP contribution in [0.5, 0.6) is 0 Å². The summed E-state index contributed by atoms with van der Waals surface area (Å²) < 4.78 is 5.92. The molecule has 3 aliphatic rings. The lowest BCUT2D eigenvalue weighted by Gasteiger charge is -2.44. The van der Waals surface area contributed by atoms with Crippen LogP contribution in [-0.2, 0) is 4.74 Å². The van der Waals surface area contributed by atoms with Gasteiger partial charge in [0.25, 0.3) is 0 Å². The summed E-state index contributed by atoms with van der Waals surface area (Å²) in [4.78, 5) is 2.64. The molecule has 2 aliphatic carbocycles. The molecule has 0 bridgehead atoms. The maximum absolute atomic E-state index is 10.5. The fourth-order valence-electron chi connectivity index (χ4n) is 4.76. The molecule has 1 heterocycles. The normalized spacial score (nSPS) is 42.0. The minimum Gasteiger partial charge on any atom is -0.393 e. The molecule has 0 spiro atoms. The average molecular weight is 295 g/mol. The van der Waals surface area contributed by atoms with Gasteiger partial charge in [-0.15, -0.1) is 0 Å². The number of nitrogens with zero attached hydrogens (tertiary/aromatic N) is 1. The molecule has 2 saturated carbocycles. The molecule has 5 unspecified atom stereocenters. The van der Waals surface area contributed by atoms with Crippen molar-refractivity contribution >= 4 is 0 Å². The summed E-state index contributed by atoms with van der Waals surface area (Å²) in [6, 6.07) is 0.626. The van der Waals surface area contributed by atoms with E-state index in [0.717, 1.165) is 32.0 Å². The second-order valence-corrected chi connectivity index (χ2v) is 8.61. The molecule has 1 aliphatic heterocycles. The molecule has 122 valence electrons. The molecule has 0 amide bonds. The third kappa shape index (κ3) is 3.46. The Balaban J connectivity index is 1.62. The molecule has 5 atom stereocenters. The van der Waals surface area contributed by atoms with Crippen LogP contribution in [0.4, 0.5) is 0 Å². The van der Waals surface area contributed by atoms with E-state index in [0.29, 0.717) is 23.5 Å². The summed E-state index contributed by atoms with van der Waals surface area (Å²) in [5, 5.41) is 10.5. The predicted molar refractivity (Wildman–Crippen MR) is 85.2 cm³/mol. The third-order valence-electron chi connectivity index (χ3n) is 6.23. The average Bonchev–Trinajstić information content (AvgIpc) is 2.89. The molecular formula is C18H33NO2. The fourth-order valence-corrected chi connectivity index (χ4v) is 4.76. The van der Waals surface area contributed by atoms with Crippen molar-refractivity contribution in [3.8, 4) is 0 Å². The molecule has 0 radical (unpaired) electrons. The van der Waals surface area contributed by atoms with Crippen LogP contribution in [0.1, 0.15) is 59.3 Å². The Labute approximate surface area is 130 Å². The van der Waals surface area contributed by atoms with Gasteiger partial charge in [-0.2, -0.15) is 0 Å². The van der Waals surface area contributed by atoms with E-state index in [-0.39, 0.29) is 6.10 Å². The van der Waals surface area contributed by atoms with Gasteiger partial charge in [0.1, 0.15) is 0 Å². The van der Waals surface area contributed by atoms with Crippen LogP contribution in [0.15, 0.2) is 0 Å². The maximum Gasteiger partial charge on any atom is 0.0730 e. The van der Waals surface area contributed by atoms with Crippen molar-refractivity contribution in [1.82, 2.24) is 4.90 Å². The van der Waals surface area contributed by atoms with Crippen molar-refractivity contribution in [1.29, 1.82) is 0 Å². The standard InChI is InChI=1S/C18H33NO2/c1-18(2,3)14-7-8-16(20)13(11-14)12-19-9-10-21-17-6-4-5-15(17)19/h13-17,20H,4-12H2,1-3H3. The van der Waals surface area contributed by atoms with Crippen molar-refractivity contribution in [2.24, 2.45) is 17.3 Å². The molecule has 3 rings (SSSR count). The van der Waals surface area contributed by atoms with E-state index in [1.54, 1.807) is 0 Å². The molecule has 21 heavy (non-hydrogen) atoms. The van der Waals surface area contributed by atoms with Crippen molar-refractivity contribution in [2.45, 2.75) is 77.5 Å². The van der Waals surface area contributed by atoms with E-state index < -0.39 is 0 Å². The number of morpholine rings is 1. The molecule has 1 N–H and O–H groups in total. The van der Waals surface area contributed by atoms with Crippen LogP contribution in [0, 0.1) is 17.3 Å². The number of hydrogen-bond donors (Lipinski definition) is 1. The first-order valence-electron chi connectivity index (χ1n) is 8.99. The quantitative estimate of drug-likeness (QED) is 0.850. The maximum atomic E-state index is 10.5. The first kappa shape index (κ1) is 15.8. The molecule has 3 nitrogen and oxygen atoms in total. The smallest absolute Gasteiger partial charge is 0.0730 e. The lowest BCUT2D eigenvalue weighted by Crippen LogP contribution is -2.52. The zero-order valence-electron chi connectivity index (χ0n) is 14.1. The topological polar surface area (TPSA) is 32.7 Å². The van der Waals surface area contributed by atoms with Gasteiger partial charge in [-0.1, -0.05) is 20.8 Å². The van der Waals surface area contributed by atoms with E-state index in [2.05, 4.69) is 25.7 Å². The summed E-state index contributed by atoms with van der Waals surface area (Å²) in [7, 11) is 0. The molecule has 1 saturated heterocycles. The van der Waals surface area contributed by atoms with Crippen molar-refractivity contribution in [3.63, 3.8) is 0 Å². The highest BCUT2D eigenvalue weighted by Crippen LogP contribution is 2.41. The van der Waals surface area contributed by atoms with E-state index in [4.69, 9.17) is 4.74 Å². The Bertz CT molecular complexity index is 352. The Hall–Kier alpha value is -0.120. The highest BCUT2D eigenvalue weighted by atomic mass is 16.5. The van der Waals surface area contributed by atoms with Crippen molar-refractivity contribution < 1.29 is 9.84 Å². The number of aliphatic hydroxyl groups excluding tert-OH is 1. The van der Waals surface area contributed by atoms with Crippen LogP contribution in [0.25, 0.3) is 0 Å². The number of fused-ring (bicyclic) bond motifs is 1. The Morgan fingerprint density at radius 1 is 1.14 bits per heavy atom. The number of hydrogen-bond acceptors (Lipinski definition) is 3. The summed E-state index contributed by atoms with van der Waals surface area (Å²) in [5.41, 5.74) is 0.374. The zero-order chi connectivity index (χ0) is 15.0. The van der Waals surface area contributed by atoms with Gasteiger partial charge in [-0.3, -0.25) is 4.90 Å². The first-order valence-corrected chi connectivity index (χ1v) is 8.99. The van der Waals surface area contributed by atoms with E-state index in [9.17, 15) is 5.11 Å². The molecule has 0 aromatic rings. The van der Waals surface area contributed by atoms with Crippen molar-refractivity contribution in [3.05, 3.63) is 0 Å². The Morgan fingerprint density at radius 3 is 2.71 bits per heavy atom. The second kappa shape index (κ2) is 6.17. The second-order valence-electron chi connectivity index (χ2n) is 8.61. The fraction of sp³-hybridized carbons (Fsp3) is 1.00. The zero-order valence-corrected chi connectivity index (χ0v) is 14.1. The molecule has 3 heteroatoms. The van der Waals surface area contributed by atoms with Gasteiger partial charge in [0, 0.05) is 19.1 Å². The van der Waals surface area contributed by atoms with Crippen LogP contribution in [-0.4, -0.2) is 48.0 Å². The summed E-state index contributed by atoms with van der Waals surface area (Å²) in [5.74, 6) is 1.22. The van der Waals surface area contributed by atoms with Gasteiger partial charge in [-0.05, 0) is 55.8 Å². The highest BCUT2D eigenvalue weighted by molar-refractivity contribution is 4.93. The van der Waals surface area contributed by atoms with Gasteiger partial charge >= 0.3 is 0 Å². The lowest BCUT2D eigenvalue weighted by atomic mass is 9.68. The van der Waals surface area contributed by atoms with Crippen LogP contribution >= 0.6 is 0 Å². The number of ether oxygens (including phenoxy) is 1. The molecule has 3 fully saturated rings. The number of rotatable bonds is 2. The minimum absolute atomic E-state index is 0.0914. The highest BCUT2D eigenvalue weighted by Gasteiger charge is 2.40. The molecule has 0 aromatic carbocycles. The van der Waals surface area contributed by atoms with Gasteiger partial charge in [0.2, 0.25) is 0 Å². The van der Waals surface area contributed by atoms with Crippen LogP contribution in [0.3, 0.4) is 0 Å².